The van der Waals surface area contributed by atoms with Crippen LogP contribution in [0.1, 0.15) is 22.3 Å². The Balaban J connectivity index is 1.76. The first kappa shape index (κ1) is 18.0. The maximum atomic E-state index is 10.3. The predicted octanol–water partition coefficient (Wildman–Crippen LogP) is 4.86. The molecule has 7 rings (SSSR count). The predicted molar refractivity (Wildman–Crippen MR) is 130 cm³/mol. The second kappa shape index (κ2) is 6.20. The van der Waals surface area contributed by atoms with Crippen molar-refractivity contribution in [2.75, 3.05) is 0 Å². The highest BCUT2D eigenvalue weighted by Crippen LogP contribution is 2.63. The average molecular weight is 410 g/mol. The summed E-state index contributed by atoms with van der Waals surface area (Å²) in [6.07, 6.45) is 0. The molecule has 3 heteroatoms. The quantitative estimate of drug-likeness (QED) is 0.380. The van der Waals surface area contributed by atoms with Crippen LogP contribution in [0.15, 0.2) is 103 Å². The van der Waals surface area contributed by atoms with Gasteiger partial charge in [0, 0.05) is 0 Å². The normalized spacial score (nSPS) is 14.2. The second-order valence-electron chi connectivity index (χ2n) is 8.69. The zero-order valence-electron chi connectivity index (χ0n) is 17.3. The van der Waals surface area contributed by atoms with E-state index in [4.69, 9.17) is 0 Å². The van der Waals surface area contributed by atoms with Gasteiger partial charge in [0.25, 0.3) is 0 Å². The molecular formula is C29H19BO2. The van der Waals surface area contributed by atoms with Gasteiger partial charge in [-0.05, 0) is 60.7 Å². The summed E-state index contributed by atoms with van der Waals surface area (Å²) >= 11 is 0. The molecule has 2 nitrogen and oxygen atoms in total. The molecule has 0 saturated heterocycles. The Morgan fingerprint density at radius 1 is 0.500 bits per heavy atom. The van der Waals surface area contributed by atoms with E-state index in [0.29, 0.717) is 5.46 Å². The van der Waals surface area contributed by atoms with Gasteiger partial charge in [-0.3, -0.25) is 0 Å². The van der Waals surface area contributed by atoms with Crippen LogP contribution >= 0.6 is 0 Å². The van der Waals surface area contributed by atoms with Crippen molar-refractivity contribution in [1.82, 2.24) is 0 Å². The average Bonchev–Trinajstić information content (AvgIpc) is 3.31. The number of fused-ring (bicyclic) bond motifs is 12. The minimum absolute atomic E-state index is 0.479. The van der Waals surface area contributed by atoms with Gasteiger partial charge < -0.3 is 10.0 Å². The Bertz CT molecular complexity index is 1520. The lowest BCUT2D eigenvalue weighted by Gasteiger charge is -2.31. The molecule has 1 spiro atoms. The van der Waals surface area contributed by atoms with E-state index in [1.165, 1.54) is 38.9 Å². The van der Waals surface area contributed by atoms with Gasteiger partial charge in [-0.2, -0.15) is 0 Å². The van der Waals surface area contributed by atoms with Crippen molar-refractivity contribution in [2.24, 2.45) is 0 Å². The first-order chi connectivity index (χ1) is 15.7. The number of benzene rings is 5. The number of hydrogen-bond donors (Lipinski definition) is 2. The van der Waals surface area contributed by atoms with Gasteiger partial charge >= 0.3 is 7.12 Å². The van der Waals surface area contributed by atoms with Crippen molar-refractivity contribution in [1.29, 1.82) is 0 Å². The minimum atomic E-state index is -1.54. The SMILES string of the molecule is OB(O)c1cc2c(c3ccccc13)-c1ccccc1C21c2ccccc2-c2ccccc21. The summed E-state index contributed by atoms with van der Waals surface area (Å²) in [5.74, 6) is 0. The molecule has 0 saturated carbocycles. The van der Waals surface area contributed by atoms with Crippen molar-refractivity contribution in [3.63, 3.8) is 0 Å². The van der Waals surface area contributed by atoms with Crippen LogP contribution in [-0.2, 0) is 5.41 Å². The van der Waals surface area contributed by atoms with Crippen LogP contribution in [0, 0.1) is 0 Å². The largest absolute Gasteiger partial charge is 0.489 e. The molecule has 0 unspecified atom stereocenters. The van der Waals surface area contributed by atoms with Crippen LogP contribution in [0.2, 0.25) is 0 Å². The summed E-state index contributed by atoms with van der Waals surface area (Å²) < 4.78 is 0. The van der Waals surface area contributed by atoms with E-state index in [1.807, 2.05) is 24.3 Å². The summed E-state index contributed by atoms with van der Waals surface area (Å²) in [5, 5.41) is 22.6. The topological polar surface area (TPSA) is 40.5 Å². The lowest BCUT2D eigenvalue weighted by Crippen LogP contribution is -2.33. The second-order valence-corrected chi connectivity index (χ2v) is 8.69. The van der Waals surface area contributed by atoms with Crippen LogP contribution in [0.5, 0.6) is 0 Å². The molecular weight excluding hydrogens is 391 g/mol. The highest BCUT2D eigenvalue weighted by atomic mass is 16.4. The van der Waals surface area contributed by atoms with Crippen LogP contribution < -0.4 is 5.46 Å². The molecule has 5 aromatic carbocycles. The van der Waals surface area contributed by atoms with Crippen LogP contribution in [-0.4, -0.2) is 17.2 Å². The van der Waals surface area contributed by atoms with Crippen LogP contribution in [0.4, 0.5) is 0 Å². The first-order valence-corrected chi connectivity index (χ1v) is 10.9. The summed E-state index contributed by atoms with van der Waals surface area (Å²) in [6, 6.07) is 36.0. The molecule has 0 heterocycles. The third-order valence-electron chi connectivity index (χ3n) is 7.31. The maximum Gasteiger partial charge on any atom is 0.489 e. The Kier molecular flexibility index (Phi) is 3.48. The smallest absolute Gasteiger partial charge is 0.423 e. The fourth-order valence-corrected chi connectivity index (χ4v) is 6.19. The van der Waals surface area contributed by atoms with Crippen LogP contribution in [0.3, 0.4) is 0 Å². The Labute approximate surface area is 186 Å². The molecule has 0 bridgehead atoms. The lowest BCUT2D eigenvalue weighted by atomic mass is 9.67. The maximum absolute atomic E-state index is 10.3. The fourth-order valence-electron chi connectivity index (χ4n) is 6.19. The Morgan fingerprint density at radius 3 is 1.56 bits per heavy atom. The molecule has 0 atom stereocenters. The lowest BCUT2D eigenvalue weighted by molar-refractivity contribution is 0.426. The zero-order chi connectivity index (χ0) is 21.4. The van der Waals surface area contributed by atoms with Crippen molar-refractivity contribution in [3.05, 3.63) is 125 Å². The molecule has 2 aliphatic rings. The third kappa shape index (κ3) is 1.98. The monoisotopic (exact) mass is 410 g/mol. The van der Waals surface area contributed by atoms with Crippen molar-refractivity contribution in [3.8, 4) is 22.3 Å². The highest BCUT2D eigenvalue weighted by molar-refractivity contribution is 6.62. The fraction of sp³-hybridized carbons (Fsp3) is 0.0345. The number of hydrogen-bond acceptors (Lipinski definition) is 2. The molecule has 0 fully saturated rings. The molecule has 2 aliphatic carbocycles. The van der Waals surface area contributed by atoms with Gasteiger partial charge in [0.15, 0.2) is 0 Å². The van der Waals surface area contributed by atoms with E-state index in [2.05, 4.69) is 78.9 Å². The minimum Gasteiger partial charge on any atom is -0.423 e. The molecule has 0 aromatic heterocycles. The third-order valence-corrected chi connectivity index (χ3v) is 7.31. The molecule has 0 amide bonds. The Hall–Kier alpha value is -3.66. The highest BCUT2D eigenvalue weighted by Gasteiger charge is 2.52. The van der Waals surface area contributed by atoms with Gasteiger partial charge in [0.1, 0.15) is 0 Å². The summed E-state index contributed by atoms with van der Waals surface area (Å²) in [4.78, 5) is 0. The van der Waals surface area contributed by atoms with Gasteiger partial charge in [0.05, 0.1) is 5.41 Å². The van der Waals surface area contributed by atoms with E-state index >= 15 is 0 Å². The summed E-state index contributed by atoms with van der Waals surface area (Å²) in [7, 11) is -1.54. The first-order valence-electron chi connectivity index (χ1n) is 10.9. The molecule has 32 heavy (non-hydrogen) atoms. The standard InChI is InChI=1S/C29H19BO2/c31-30(32)27-17-26-28(21-12-2-1-11-20(21)27)22-13-5-8-16-25(22)29(26)23-14-6-3-9-18(23)19-10-4-7-15-24(19)29/h1-17,31-32H. The molecule has 5 aromatic rings. The van der Waals surface area contributed by atoms with Gasteiger partial charge in [-0.1, -0.05) is 103 Å². The number of rotatable bonds is 1. The van der Waals surface area contributed by atoms with E-state index in [0.717, 1.165) is 16.3 Å². The van der Waals surface area contributed by atoms with Gasteiger partial charge in [-0.15, -0.1) is 0 Å². The summed E-state index contributed by atoms with van der Waals surface area (Å²) in [6.45, 7) is 0. The molecule has 0 aliphatic heterocycles. The van der Waals surface area contributed by atoms with E-state index < -0.39 is 12.5 Å². The van der Waals surface area contributed by atoms with Crippen molar-refractivity contribution < 1.29 is 10.0 Å². The van der Waals surface area contributed by atoms with Gasteiger partial charge in [-0.25, -0.2) is 0 Å². The van der Waals surface area contributed by atoms with Crippen molar-refractivity contribution >= 4 is 23.4 Å². The molecule has 2 N–H and O–H groups in total. The Morgan fingerprint density at radius 2 is 0.969 bits per heavy atom. The zero-order valence-corrected chi connectivity index (χ0v) is 17.3. The van der Waals surface area contributed by atoms with E-state index in [1.54, 1.807) is 0 Å². The van der Waals surface area contributed by atoms with E-state index in [-0.39, 0.29) is 0 Å². The van der Waals surface area contributed by atoms with E-state index in [9.17, 15) is 10.0 Å². The molecule has 150 valence electrons. The molecule has 0 radical (unpaired) electrons. The summed E-state index contributed by atoms with van der Waals surface area (Å²) in [5.41, 5.74) is 9.83. The van der Waals surface area contributed by atoms with Gasteiger partial charge in [0.2, 0.25) is 0 Å². The van der Waals surface area contributed by atoms with Crippen molar-refractivity contribution in [2.45, 2.75) is 5.41 Å². The van der Waals surface area contributed by atoms with Crippen LogP contribution in [0.25, 0.3) is 33.0 Å².